The summed E-state index contributed by atoms with van der Waals surface area (Å²) in [6.07, 6.45) is 0. The van der Waals surface area contributed by atoms with Crippen LogP contribution in [0, 0.1) is 11.6 Å². The highest BCUT2D eigenvalue weighted by molar-refractivity contribution is 6.36. The van der Waals surface area contributed by atoms with Crippen LogP contribution in [0.3, 0.4) is 0 Å². The van der Waals surface area contributed by atoms with E-state index < -0.39 is 11.6 Å². The molecule has 0 spiro atoms. The lowest BCUT2D eigenvalue weighted by Crippen LogP contribution is -2.10. The fraction of sp³-hybridized carbons (Fsp3) is 0.133. The number of halogens is 3. The summed E-state index contributed by atoms with van der Waals surface area (Å²) >= 11 is 6.17. The van der Waals surface area contributed by atoms with Gasteiger partial charge in [-0.2, -0.15) is 0 Å². The summed E-state index contributed by atoms with van der Waals surface area (Å²) in [6, 6.07) is 6.76. The Morgan fingerprint density at radius 1 is 1.18 bits per heavy atom. The molecule has 0 saturated heterocycles. The SMILES string of the molecule is NCCOc1ccc2c(-c3c(F)cccc3F)noc2c1Cl. The van der Waals surface area contributed by atoms with E-state index in [9.17, 15) is 8.78 Å². The molecule has 0 unspecified atom stereocenters. The number of hydrogen-bond acceptors (Lipinski definition) is 4. The Morgan fingerprint density at radius 3 is 2.59 bits per heavy atom. The second kappa shape index (κ2) is 5.90. The summed E-state index contributed by atoms with van der Waals surface area (Å²) in [5.74, 6) is -1.08. The summed E-state index contributed by atoms with van der Waals surface area (Å²) in [5, 5.41) is 4.33. The van der Waals surface area contributed by atoms with Crippen molar-refractivity contribution in [2.45, 2.75) is 0 Å². The molecule has 4 nitrogen and oxygen atoms in total. The molecule has 3 rings (SSSR count). The average Bonchev–Trinajstić information content (AvgIpc) is 2.91. The van der Waals surface area contributed by atoms with Crippen molar-refractivity contribution in [3.8, 4) is 17.0 Å². The topological polar surface area (TPSA) is 61.3 Å². The van der Waals surface area contributed by atoms with Crippen LogP contribution in [-0.2, 0) is 0 Å². The number of hydrogen-bond donors (Lipinski definition) is 1. The molecule has 0 aliphatic heterocycles. The Kier molecular flexibility index (Phi) is 3.96. The smallest absolute Gasteiger partial charge is 0.189 e. The molecule has 0 amide bonds. The fourth-order valence-corrected chi connectivity index (χ4v) is 2.39. The van der Waals surface area contributed by atoms with Gasteiger partial charge < -0.3 is 15.0 Å². The Bertz CT molecular complexity index is 816. The molecule has 3 aromatic rings. The van der Waals surface area contributed by atoms with Crippen LogP contribution in [0.1, 0.15) is 0 Å². The van der Waals surface area contributed by atoms with Crippen molar-refractivity contribution in [2.24, 2.45) is 5.73 Å². The highest BCUT2D eigenvalue weighted by Crippen LogP contribution is 2.38. The zero-order valence-corrected chi connectivity index (χ0v) is 12.0. The second-order valence-corrected chi connectivity index (χ2v) is 4.90. The Hall–Kier alpha value is -2.18. The van der Waals surface area contributed by atoms with Crippen LogP contribution >= 0.6 is 11.6 Å². The van der Waals surface area contributed by atoms with Crippen molar-refractivity contribution in [3.05, 3.63) is 47.0 Å². The van der Waals surface area contributed by atoms with Gasteiger partial charge in [0.05, 0.1) is 10.9 Å². The van der Waals surface area contributed by atoms with Gasteiger partial charge in [0.1, 0.15) is 34.7 Å². The predicted octanol–water partition coefficient (Wildman–Crippen LogP) is 3.76. The molecule has 0 bridgehead atoms. The number of rotatable bonds is 4. The molecule has 0 radical (unpaired) electrons. The molecule has 0 aliphatic rings. The van der Waals surface area contributed by atoms with Crippen LogP contribution in [0.4, 0.5) is 8.78 Å². The van der Waals surface area contributed by atoms with Crippen LogP contribution in [-0.4, -0.2) is 18.3 Å². The quantitative estimate of drug-likeness (QED) is 0.793. The molecule has 1 heterocycles. The number of ether oxygens (including phenoxy) is 1. The first kappa shape index (κ1) is 14.7. The fourth-order valence-electron chi connectivity index (χ4n) is 2.14. The number of benzene rings is 2. The molecule has 0 saturated carbocycles. The highest BCUT2D eigenvalue weighted by atomic mass is 35.5. The molecule has 7 heteroatoms. The summed E-state index contributed by atoms with van der Waals surface area (Å²) < 4.78 is 38.3. The maximum Gasteiger partial charge on any atom is 0.189 e. The molecule has 2 N–H and O–H groups in total. The Balaban J connectivity index is 2.16. The van der Waals surface area contributed by atoms with E-state index in [-0.39, 0.29) is 28.5 Å². The van der Waals surface area contributed by atoms with Gasteiger partial charge in [-0.1, -0.05) is 22.8 Å². The van der Waals surface area contributed by atoms with Gasteiger partial charge in [0.2, 0.25) is 0 Å². The summed E-state index contributed by atoms with van der Waals surface area (Å²) in [6.45, 7) is 0.616. The van der Waals surface area contributed by atoms with E-state index in [4.69, 9.17) is 26.6 Å². The predicted molar refractivity (Wildman–Crippen MR) is 78.9 cm³/mol. The molecule has 2 aromatic carbocycles. The van der Waals surface area contributed by atoms with Crippen LogP contribution in [0.15, 0.2) is 34.9 Å². The summed E-state index contributed by atoms with van der Waals surface area (Å²) in [5.41, 5.74) is 5.36. The van der Waals surface area contributed by atoms with Gasteiger partial charge in [0, 0.05) is 6.54 Å². The van der Waals surface area contributed by atoms with Crippen molar-refractivity contribution in [2.75, 3.05) is 13.2 Å². The zero-order chi connectivity index (χ0) is 15.7. The molecule has 1 aromatic heterocycles. The summed E-state index contributed by atoms with van der Waals surface area (Å²) in [7, 11) is 0. The minimum atomic E-state index is -0.727. The van der Waals surface area contributed by atoms with Gasteiger partial charge in [-0.15, -0.1) is 0 Å². The van der Waals surface area contributed by atoms with E-state index in [1.807, 2.05) is 0 Å². The number of nitrogens with two attached hydrogens (primary N) is 1. The van der Waals surface area contributed by atoms with Crippen molar-refractivity contribution in [1.29, 1.82) is 0 Å². The van der Waals surface area contributed by atoms with E-state index in [1.165, 1.54) is 6.07 Å². The van der Waals surface area contributed by atoms with Gasteiger partial charge in [-0.05, 0) is 24.3 Å². The third-order valence-electron chi connectivity index (χ3n) is 3.12. The maximum atomic E-state index is 13.9. The standard InChI is InChI=1S/C15H11ClF2N2O2/c16-13-11(21-7-6-19)5-4-8-14(20-22-15(8)13)12-9(17)2-1-3-10(12)18/h1-5H,6-7,19H2. The van der Waals surface area contributed by atoms with Crippen molar-refractivity contribution in [1.82, 2.24) is 5.16 Å². The molecule has 0 aliphatic carbocycles. The second-order valence-electron chi connectivity index (χ2n) is 4.52. The van der Waals surface area contributed by atoms with Crippen LogP contribution in [0.25, 0.3) is 22.2 Å². The van der Waals surface area contributed by atoms with Gasteiger partial charge in [-0.25, -0.2) is 8.78 Å². The highest BCUT2D eigenvalue weighted by Gasteiger charge is 2.21. The normalized spacial score (nSPS) is 11.1. The van der Waals surface area contributed by atoms with Crippen molar-refractivity contribution < 1.29 is 18.0 Å². The van der Waals surface area contributed by atoms with E-state index in [0.29, 0.717) is 17.7 Å². The van der Waals surface area contributed by atoms with Crippen molar-refractivity contribution >= 4 is 22.6 Å². The van der Waals surface area contributed by atoms with E-state index >= 15 is 0 Å². The number of fused-ring (bicyclic) bond motifs is 1. The molecule has 0 atom stereocenters. The largest absolute Gasteiger partial charge is 0.491 e. The lowest BCUT2D eigenvalue weighted by Gasteiger charge is -2.06. The third kappa shape index (κ3) is 2.40. The van der Waals surface area contributed by atoms with Gasteiger partial charge in [0.15, 0.2) is 5.58 Å². The number of nitrogens with zero attached hydrogens (tertiary/aromatic N) is 1. The minimum Gasteiger partial charge on any atom is -0.491 e. The van der Waals surface area contributed by atoms with Crippen LogP contribution < -0.4 is 10.5 Å². The van der Waals surface area contributed by atoms with Crippen LogP contribution in [0.5, 0.6) is 5.75 Å². The minimum absolute atomic E-state index is 0.0536. The monoisotopic (exact) mass is 324 g/mol. The molecule has 114 valence electrons. The lowest BCUT2D eigenvalue weighted by atomic mass is 10.1. The van der Waals surface area contributed by atoms with Crippen molar-refractivity contribution in [3.63, 3.8) is 0 Å². The average molecular weight is 325 g/mol. The molecular formula is C15H11ClF2N2O2. The number of aromatic nitrogens is 1. The molecular weight excluding hydrogens is 314 g/mol. The summed E-state index contributed by atoms with van der Waals surface area (Å²) in [4.78, 5) is 0. The Labute approximate surface area is 129 Å². The van der Waals surface area contributed by atoms with Crippen LogP contribution in [0.2, 0.25) is 5.02 Å². The zero-order valence-electron chi connectivity index (χ0n) is 11.3. The first-order chi connectivity index (χ1) is 10.6. The van der Waals surface area contributed by atoms with Gasteiger partial charge in [-0.3, -0.25) is 0 Å². The van der Waals surface area contributed by atoms with E-state index in [1.54, 1.807) is 12.1 Å². The maximum absolute atomic E-state index is 13.9. The van der Waals surface area contributed by atoms with E-state index in [0.717, 1.165) is 12.1 Å². The lowest BCUT2D eigenvalue weighted by molar-refractivity contribution is 0.328. The first-order valence-electron chi connectivity index (χ1n) is 6.48. The third-order valence-corrected chi connectivity index (χ3v) is 3.48. The molecule has 0 fully saturated rings. The van der Waals surface area contributed by atoms with Gasteiger partial charge in [0.25, 0.3) is 0 Å². The van der Waals surface area contributed by atoms with E-state index in [2.05, 4.69) is 5.16 Å². The first-order valence-corrected chi connectivity index (χ1v) is 6.86. The Morgan fingerprint density at radius 2 is 1.91 bits per heavy atom. The molecule has 22 heavy (non-hydrogen) atoms. The van der Waals surface area contributed by atoms with Gasteiger partial charge >= 0.3 is 0 Å².